The third-order valence-electron chi connectivity index (χ3n) is 3.63. The Balaban J connectivity index is 2.24. The van der Waals surface area contributed by atoms with Crippen LogP contribution in [-0.2, 0) is 35.5 Å². The summed E-state index contributed by atoms with van der Waals surface area (Å²) in [6.07, 6.45) is 0. The lowest BCUT2D eigenvalue weighted by molar-refractivity contribution is 0.0462. The average molecular weight is 367 g/mol. The van der Waals surface area contributed by atoms with E-state index in [2.05, 4.69) is 4.72 Å². The number of hydrogen-bond donors (Lipinski definition) is 1. The Morgan fingerprint density at radius 1 is 1.16 bits per heavy atom. The van der Waals surface area contributed by atoms with Crippen LogP contribution in [0.1, 0.15) is 16.1 Å². The van der Waals surface area contributed by atoms with Crippen molar-refractivity contribution >= 4 is 16.0 Å². The Labute approximate surface area is 143 Å². The van der Waals surface area contributed by atoms with Crippen molar-refractivity contribution in [3.63, 3.8) is 0 Å². The van der Waals surface area contributed by atoms with Crippen molar-refractivity contribution in [2.24, 2.45) is 14.1 Å². The van der Waals surface area contributed by atoms with Crippen LogP contribution in [0.3, 0.4) is 0 Å². The monoisotopic (exact) mass is 367 g/mol. The number of nitrogens with zero attached hydrogens (tertiary/aromatic N) is 2. The van der Waals surface area contributed by atoms with Crippen LogP contribution in [0.2, 0.25) is 0 Å². The number of carbonyl (C=O) groups excluding carboxylic acids is 1. The number of aromatic nitrogens is 2. The number of rotatable bonds is 5. The summed E-state index contributed by atoms with van der Waals surface area (Å²) in [5, 5.41) is 0. The first-order valence-electron chi connectivity index (χ1n) is 7.14. The van der Waals surface area contributed by atoms with Crippen LogP contribution in [0.15, 0.2) is 44.8 Å². The van der Waals surface area contributed by atoms with Gasteiger partial charge in [0.25, 0.3) is 5.56 Å². The normalized spacial score (nSPS) is 11.3. The highest BCUT2D eigenvalue weighted by atomic mass is 32.2. The zero-order valence-electron chi connectivity index (χ0n) is 13.8. The van der Waals surface area contributed by atoms with Crippen molar-refractivity contribution in [1.29, 1.82) is 0 Å². The summed E-state index contributed by atoms with van der Waals surface area (Å²) in [5.41, 5.74) is -0.803. The fourth-order valence-electron chi connectivity index (χ4n) is 2.05. The minimum absolute atomic E-state index is 0.0326. The molecular formula is C15H17N3O6S. The molecule has 0 fully saturated rings. The van der Waals surface area contributed by atoms with Crippen molar-refractivity contribution < 1.29 is 17.9 Å². The second-order valence-corrected chi connectivity index (χ2v) is 7.07. The molecular weight excluding hydrogens is 350 g/mol. The van der Waals surface area contributed by atoms with Gasteiger partial charge in [-0.3, -0.25) is 13.9 Å². The Morgan fingerprint density at radius 2 is 1.84 bits per heavy atom. The molecule has 0 atom stereocenters. The molecule has 0 radical (unpaired) electrons. The topological polar surface area (TPSA) is 116 Å². The van der Waals surface area contributed by atoms with Gasteiger partial charge in [-0.1, -0.05) is 6.07 Å². The van der Waals surface area contributed by atoms with E-state index < -0.39 is 27.2 Å². The van der Waals surface area contributed by atoms with E-state index in [1.165, 1.54) is 56.0 Å². The number of ether oxygens (including phenoxy) is 1. The van der Waals surface area contributed by atoms with Crippen LogP contribution in [0.5, 0.6) is 0 Å². The fraction of sp³-hybridized carbons (Fsp3) is 0.267. The van der Waals surface area contributed by atoms with Gasteiger partial charge in [0, 0.05) is 20.2 Å². The van der Waals surface area contributed by atoms with Crippen molar-refractivity contribution in [2.75, 3.05) is 7.05 Å². The van der Waals surface area contributed by atoms with E-state index in [1.807, 2.05) is 0 Å². The molecule has 0 bridgehead atoms. The molecule has 1 heterocycles. The number of sulfonamides is 1. The predicted octanol–water partition coefficient (Wildman–Crippen LogP) is -0.651. The first-order chi connectivity index (χ1) is 11.7. The maximum Gasteiger partial charge on any atom is 0.338 e. The lowest BCUT2D eigenvalue weighted by atomic mass is 10.2. The molecule has 10 heteroatoms. The summed E-state index contributed by atoms with van der Waals surface area (Å²) in [4.78, 5) is 35.5. The highest BCUT2D eigenvalue weighted by Gasteiger charge is 2.16. The minimum Gasteiger partial charge on any atom is -0.456 e. The molecule has 134 valence electrons. The summed E-state index contributed by atoms with van der Waals surface area (Å²) >= 11 is 0. The molecule has 0 saturated heterocycles. The van der Waals surface area contributed by atoms with Gasteiger partial charge in [-0.05, 0) is 25.2 Å². The summed E-state index contributed by atoms with van der Waals surface area (Å²) in [6, 6.07) is 6.52. The molecule has 0 spiro atoms. The lowest BCUT2D eigenvalue weighted by Gasteiger charge is -2.10. The van der Waals surface area contributed by atoms with Gasteiger partial charge in [0.1, 0.15) is 6.61 Å². The van der Waals surface area contributed by atoms with Gasteiger partial charge in [-0.15, -0.1) is 0 Å². The molecule has 2 rings (SSSR count). The van der Waals surface area contributed by atoms with Crippen LogP contribution in [0.4, 0.5) is 0 Å². The number of esters is 1. The lowest BCUT2D eigenvalue weighted by Crippen LogP contribution is -2.38. The summed E-state index contributed by atoms with van der Waals surface area (Å²) in [7, 11) is 0.360. The van der Waals surface area contributed by atoms with Gasteiger partial charge in [-0.2, -0.15) is 0 Å². The van der Waals surface area contributed by atoms with Gasteiger partial charge < -0.3 is 4.74 Å². The predicted molar refractivity (Wildman–Crippen MR) is 88.7 cm³/mol. The van der Waals surface area contributed by atoms with Crippen molar-refractivity contribution in [2.45, 2.75) is 11.5 Å². The van der Waals surface area contributed by atoms with E-state index >= 15 is 0 Å². The molecule has 0 aliphatic heterocycles. The zero-order valence-corrected chi connectivity index (χ0v) is 14.7. The molecule has 25 heavy (non-hydrogen) atoms. The maximum atomic E-state index is 12.1. The average Bonchev–Trinajstić information content (AvgIpc) is 2.61. The molecule has 2 aromatic rings. The highest BCUT2D eigenvalue weighted by Crippen LogP contribution is 2.12. The van der Waals surface area contributed by atoms with Crippen LogP contribution < -0.4 is 16.0 Å². The van der Waals surface area contributed by atoms with Gasteiger partial charge >= 0.3 is 11.7 Å². The van der Waals surface area contributed by atoms with E-state index in [9.17, 15) is 22.8 Å². The van der Waals surface area contributed by atoms with Crippen molar-refractivity contribution in [1.82, 2.24) is 13.9 Å². The van der Waals surface area contributed by atoms with Gasteiger partial charge in [0.05, 0.1) is 16.2 Å². The Morgan fingerprint density at radius 3 is 2.48 bits per heavy atom. The molecule has 9 nitrogen and oxygen atoms in total. The first kappa shape index (κ1) is 18.6. The quantitative estimate of drug-likeness (QED) is 0.702. The first-order valence-corrected chi connectivity index (χ1v) is 8.62. The third-order valence-corrected chi connectivity index (χ3v) is 5.04. The molecule has 1 aromatic heterocycles. The minimum atomic E-state index is -3.69. The van der Waals surface area contributed by atoms with E-state index in [1.54, 1.807) is 0 Å². The molecule has 0 amide bonds. The van der Waals surface area contributed by atoms with Gasteiger partial charge in [0.15, 0.2) is 0 Å². The van der Waals surface area contributed by atoms with Gasteiger partial charge in [0.2, 0.25) is 10.0 Å². The molecule has 1 aromatic carbocycles. The molecule has 0 unspecified atom stereocenters. The van der Waals surface area contributed by atoms with E-state index in [0.29, 0.717) is 0 Å². The van der Waals surface area contributed by atoms with Crippen LogP contribution in [0, 0.1) is 0 Å². The van der Waals surface area contributed by atoms with Crippen LogP contribution in [0.25, 0.3) is 0 Å². The number of carbonyl (C=O) groups is 1. The maximum absolute atomic E-state index is 12.1. The largest absolute Gasteiger partial charge is 0.456 e. The van der Waals surface area contributed by atoms with Crippen LogP contribution in [-0.4, -0.2) is 30.6 Å². The molecule has 1 N–H and O–H groups in total. The Hall–Kier alpha value is -2.72. The fourth-order valence-corrected chi connectivity index (χ4v) is 2.82. The highest BCUT2D eigenvalue weighted by molar-refractivity contribution is 7.89. The number of benzene rings is 1. The second-order valence-electron chi connectivity index (χ2n) is 5.19. The third kappa shape index (κ3) is 3.86. The number of hydrogen-bond acceptors (Lipinski definition) is 6. The SMILES string of the molecule is CNS(=O)(=O)c1cccc(C(=O)OCc2cc(=O)n(C)c(=O)n2C)c1. The second kappa shape index (κ2) is 7.03. The molecule has 0 aliphatic rings. The van der Waals surface area contributed by atoms with E-state index in [0.717, 1.165) is 4.57 Å². The molecule has 0 aliphatic carbocycles. The van der Waals surface area contributed by atoms with Crippen molar-refractivity contribution in [3.05, 3.63) is 62.4 Å². The standard InChI is InChI=1S/C15H17N3O6S/c1-16-25(22,23)12-6-4-5-10(7-12)14(20)24-9-11-8-13(19)18(3)15(21)17(11)2/h4-8,16H,9H2,1-3H3. The smallest absolute Gasteiger partial charge is 0.338 e. The zero-order chi connectivity index (χ0) is 18.8. The molecule has 0 saturated carbocycles. The van der Waals surface area contributed by atoms with Crippen LogP contribution >= 0.6 is 0 Å². The summed E-state index contributed by atoms with van der Waals surface area (Å²) in [6.45, 7) is -0.302. The van der Waals surface area contributed by atoms with Gasteiger partial charge in [-0.25, -0.2) is 22.7 Å². The Bertz CT molecular complexity index is 1040. The van der Waals surface area contributed by atoms with Crippen molar-refractivity contribution in [3.8, 4) is 0 Å². The summed E-state index contributed by atoms with van der Waals surface area (Å²) in [5.74, 6) is -0.777. The Kier molecular flexibility index (Phi) is 5.24. The van der Waals surface area contributed by atoms with E-state index in [-0.39, 0.29) is 22.8 Å². The van der Waals surface area contributed by atoms with E-state index in [4.69, 9.17) is 4.74 Å². The number of nitrogens with one attached hydrogen (secondary N) is 1. The summed E-state index contributed by atoms with van der Waals surface area (Å²) < 4.78 is 32.9.